The van der Waals surface area contributed by atoms with Crippen LogP contribution in [-0.2, 0) is 13.1 Å². The number of hydrogen-bond donors (Lipinski definition) is 2. The highest BCUT2D eigenvalue weighted by Crippen LogP contribution is 2.25. The summed E-state index contributed by atoms with van der Waals surface area (Å²) in [6.07, 6.45) is 0. The van der Waals surface area contributed by atoms with Crippen LogP contribution in [-0.4, -0.2) is 24.7 Å². The van der Waals surface area contributed by atoms with Crippen LogP contribution in [0.4, 0.5) is 11.5 Å². The molecule has 0 bridgehead atoms. The average molecular weight is 534 g/mol. The fraction of sp³-hybridized carbons (Fsp3) is 0.208. The van der Waals surface area contributed by atoms with Gasteiger partial charge in [0.05, 0.1) is 40.2 Å². The molecule has 0 saturated carbocycles. The van der Waals surface area contributed by atoms with Crippen molar-refractivity contribution in [3.63, 3.8) is 0 Å². The Morgan fingerprint density at radius 2 is 1.59 bits per heavy atom. The number of nitrogens with one attached hydrogen (secondary N) is 2. The summed E-state index contributed by atoms with van der Waals surface area (Å²) >= 11 is 23.8. The molecular formula is C24H23Cl3N6S. The van der Waals surface area contributed by atoms with E-state index in [0.29, 0.717) is 39.1 Å². The standard InChI is InChI=1S/C24H23Cl3N6S/c1-14-9-22(31-32(14)12-17-5-4-6-19(25)10-17)28-24(34)29-23-15(2)30-33(16(23)3)13-18-7-8-20(26)21(27)11-18/h4-11H,12-13H2,1-3H3,(H2,28,29,31,34). The van der Waals surface area contributed by atoms with Crippen molar-refractivity contribution in [1.29, 1.82) is 0 Å². The number of rotatable bonds is 6. The van der Waals surface area contributed by atoms with E-state index < -0.39 is 0 Å². The van der Waals surface area contributed by atoms with Crippen LogP contribution in [0.3, 0.4) is 0 Å². The zero-order valence-corrected chi connectivity index (χ0v) is 21.9. The van der Waals surface area contributed by atoms with Gasteiger partial charge in [-0.3, -0.25) is 9.36 Å². The van der Waals surface area contributed by atoms with Gasteiger partial charge in [-0.25, -0.2) is 0 Å². The Balaban J connectivity index is 1.43. The van der Waals surface area contributed by atoms with E-state index in [9.17, 15) is 0 Å². The Morgan fingerprint density at radius 3 is 2.32 bits per heavy atom. The van der Waals surface area contributed by atoms with Crippen molar-refractivity contribution in [2.75, 3.05) is 10.6 Å². The maximum Gasteiger partial charge on any atom is 0.176 e. The summed E-state index contributed by atoms with van der Waals surface area (Å²) in [6, 6.07) is 15.3. The number of aryl methyl sites for hydroxylation is 2. The first-order valence-corrected chi connectivity index (χ1v) is 12.1. The lowest BCUT2D eigenvalue weighted by Crippen LogP contribution is -2.20. The van der Waals surface area contributed by atoms with Gasteiger partial charge >= 0.3 is 0 Å². The minimum absolute atomic E-state index is 0.438. The third kappa shape index (κ3) is 5.73. The van der Waals surface area contributed by atoms with Crippen molar-refractivity contribution in [3.8, 4) is 0 Å². The molecule has 34 heavy (non-hydrogen) atoms. The predicted molar refractivity (Wildman–Crippen MR) is 145 cm³/mol. The topological polar surface area (TPSA) is 59.7 Å². The van der Waals surface area contributed by atoms with Gasteiger partial charge in [-0.1, -0.05) is 53.0 Å². The lowest BCUT2D eigenvalue weighted by Gasteiger charge is -2.10. The number of nitrogens with zero attached hydrogens (tertiary/aromatic N) is 4. The average Bonchev–Trinajstić information content (AvgIpc) is 3.24. The summed E-state index contributed by atoms with van der Waals surface area (Å²) in [6.45, 7) is 7.12. The maximum atomic E-state index is 6.15. The van der Waals surface area contributed by atoms with Gasteiger partial charge in [0.2, 0.25) is 0 Å². The van der Waals surface area contributed by atoms with E-state index in [2.05, 4.69) is 20.8 Å². The molecule has 0 saturated heterocycles. The van der Waals surface area contributed by atoms with E-state index in [-0.39, 0.29) is 0 Å². The van der Waals surface area contributed by atoms with Crippen molar-refractivity contribution in [2.45, 2.75) is 33.9 Å². The fourth-order valence-corrected chi connectivity index (χ4v) is 4.38. The highest BCUT2D eigenvalue weighted by Gasteiger charge is 2.15. The maximum absolute atomic E-state index is 6.15. The molecule has 2 aromatic heterocycles. The zero-order valence-electron chi connectivity index (χ0n) is 18.9. The first-order chi connectivity index (χ1) is 16.2. The van der Waals surface area contributed by atoms with Gasteiger partial charge < -0.3 is 10.6 Å². The summed E-state index contributed by atoms with van der Waals surface area (Å²) in [5.41, 5.74) is 5.74. The Labute approximate surface area is 218 Å². The molecule has 0 amide bonds. The normalized spacial score (nSPS) is 11.0. The van der Waals surface area contributed by atoms with Crippen molar-refractivity contribution >= 4 is 63.6 Å². The molecular weight excluding hydrogens is 511 g/mol. The minimum Gasteiger partial charge on any atom is -0.329 e. The molecule has 4 rings (SSSR count). The lowest BCUT2D eigenvalue weighted by molar-refractivity contribution is 0.659. The van der Waals surface area contributed by atoms with Gasteiger partial charge in [-0.2, -0.15) is 10.2 Å². The van der Waals surface area contributed by atoms with E-state index in [1.54, 1.807) is 6.07 Å². The molecule has 4 aromatic rings. The van der Waals surface area contributed by atoms with Crippen molar-refractivity contribution < 1.29 is 0 Å². The van der Waals surface area contributed by atoms with E-state index in [4.69, 9.17) is 47.0 Å². The number of benzene rings is 2. The molecule has 0 radical (unpaired) electrons. The molecule has 0 unspecified atom stereocenters. The summed E-state index contributed by atoms with van der Waals surface area (Å²) < 4.78 is 3.81. The van der Waals surface area contributed by atoms with Gasteiger partial charge in [0.15, 0.2) is 10.9 Å². The van der Waals surface area contributed by atoms with Crippen LogP contribution in [0.15, 0.2) is 48.5 Å². The van der Waals surface area contributed by atoms with Gasteiger partial charge in [0.1, 0.15) is 0 Å². The predicted octanol–water partition coefficient (Wildman–Crippen LogP) is 6.87. The van der Waals surface area contributed by atoms with Gasteiger partial charge in [-0.05, 0) is 68.4 Å². The van der Waals surface area contributed by atoms with E-state index >= 15 is 0 Å². The van der Waals surface area contributed by atoms with Crippen LogP contribution in [0.25, 0.3) is 0 Å². The van der Waals surface area contributed by atoms with Gasteiger partial charge in [0, 0.05) is 16.8 Å². The first-order valence-electron chi connectivity index (χ1n) is 10.5. The van der Waals surface area contributed by atoms with Crippen molar-refractivity contribution in [3.05, 3.63) is 91.8 Å². The van der Waals surface area contributed by atoms with E-state index in [0.717, 1.165) is 33.9 Å². The molecule has 6 nitrogen and oxygen atoms in total. The largest absolute Gasteiger partial charge is 0.329 e. The number of aromatic nitrogens is 4. The lowest BCUT2D eigenvalue weighted by atomic mass is 10.2. The fourth-order valence-electron chi connectivity index (χ4n) is 3.64. The Bertz CT molecular complexity index is 1360. The molecule has 0 fully saturated rings. The van der Waals surface area contributed by atoms with E-state index in [1.807, 2.05) is 72.6 Å². The molecule has 0 atom stereocenters. The SMILES string of the molecule is Cc1nn(Cc2ccc(Cl)c(Cl)c2)c(C)c1NC(=S)Nc1cc(C)n(Cc2cccc(Cl)c2)n1. The van der Waals surface area contributed by atoms with Gasteiger partial charge in [0.25, 0.3) is 0 Å². The Hall–Kier alpha value is -2.58. The van der Waals surface area contributed by atoms with Gasteiger partial charge in [-0.15, -0.1) is 0 Å². The second kappa shape index (κ2) is 10.4. The summed E-state index contributed by atoms with van der Waals surface area (Å²) in [5, 5.41) is 17.9. The van der Waals surface area contributed by atoms with Crippen molar-refractivity contribution in [1.82, 2.24) is 19.6 Å². The molecule has 2 N–H and O–H groups in total. The molecule has 2 aromatic carbocycles. The molecule has 0 aliphatic heterocycles. The Morgan fingerprint density at radius 1 is 0.853 bits per heavy atom. The number of anilines is 2. The number of halogens is 3. The smallest absolute Gasteiger partial charge is 0.176 e. The summed E-state index contributed by atoms with van der Waals surface area (Å²) in [4.78, 5) is 0. The molecule has 0 spiro atoms. The molecule has 0 aliphatic rings. The highest BCUT2D eigenvalue weighted by atomic mass is 35.5. The molecule has 2 heterocycles. The van der Waals surface area contributed by atoms with Crippen LogP contribution < -0.4 is 10.6 Å². The van der Waals surface area contributed by atoms with Crippen LogP contribution in [0, 0.1) is 20.8 Å². The summed E-state index contributed by atoms with van der Waals surface area (Å²) in [7, 11) is 0. The molecule has 10 heteroatoms. The van der Waals surface area contributed by atoms with Crippen LogP contribution in [0.1, 0.15) is 28.2 Å². The zero-order chi connectivity index (χ0) is 24.4. The molecule has 176 valence electrons. The third-order valence-electron chi connectivity index (χ3n) is 5.38. The van der Waals surface area contributed by atoms with Crippen molar-refractivity contribution in [2.24, 2.45) is 0 Å². The Kier molecular flexibility index (Phi) is 7.48. The van der Waals surface area contributed by atoms with Crippen LogP contribution >= 0.6 is 47.0 Å². The quantitative estimate of drug-likeness (QED) is 0.265. The summed E-state index contributed by atoms with van der Waals surface area (Å²) in [5.74, 6) is 0.663. The minimum atomic E-state index is 0.438. The molecule has 0 aliphatic carbocycles. The van der Waals surface area contributed by atoms with E-state index in [1.165, 1.54) is 0 Å². The number of thiocarbonyl (C=S) groups is 1. The first kappa shape index (κ1) is 24.5. The van der Waals surface area contributed by atoms with Crippen LogP contribution in [0.2, 0.25) is 15.1 Å². The number of hydrogen-bond acceptors (Lipinski definition) is 3. The third-order valence-corrected chi connectivity index (χ3v) is 6.56. The monoisotopic (exact) mass is 532 g/mol. The second-order valence-corrected chi connectivity index (χ2v) is 9.65. The highest BCUT2D eigenvalue weighted by molar-refractivity contribution is 7.80. The second-order valence-electron chi connectivity index (χ2n) is 7.99. The van der Waals surface area contributed by atoms with Crippen LogP contribution in [0.5, 0.6) is 0 Å².